The van der Waals surface area contributed by atoms with E-state index in [9.17, 15) is 17.4 Å². The molecule has 9 nitrogen and oxygen atoms in total. The Hall–Kier alpha value is -3.28. The molecule has 1 aliphatic heterocycles. The van der Waals surface area contributed by atoms with Crippen LogP contribution in [-0.2, 0) is 38.0 Å². The molecule has 1 amide bonds. The van der Waals surface area contributed by atoms with E-state index in [0.717, 1.165) is 53.3 Å². The lowest BCUT2D eigenvalue weighted by Gasteiger charge is -2.16. The topological polar surface area (TPSA) is 130 Å². The molecule has 1 unspecified atom stereocenters. The highest BCUT2D eigenvalue weighted by Crippen LogP contribution is 2.24. The number of nitrogens with one attached hydrogen (secondary N) is 2. The Balaban J connectivity index is 0.000000695. The Morgan fingerprint density at radius 2 is 1.89 bits per heavy atom. The van der Waals surface area contributed by atoms with E-state index in [1.165, 1.54) is 0 Å². The average molecular weight is 545 g/mol. The Kier molecular flexibility index (Phi) is 10.2. The maximum absolute atomic E-state index is 12.9. The zero-order valence-corrected chi connectivity index (χ0v) is 22.5. The molecule has 1 aromatic heterocycles. The van der Waals surface area contributed by atoms with Crippen LogP contribution in [0.3, 0.4) is 0 Å². The van der Waals surface area contributed by atoms with Gasteiger partial charge in [0.15, 0.2) is 0 Å². The minimum atomic E-state index is -3.67. The van der Waals surface area contributed by atoms with Crippen molar-refractivity contribution in [3.05, 3.63) is 77.9 Å². The molecule has 0 saturated heterocycles. The van der Waals surface area contributed by atoms with Gasteiger partial charge in [0, 0.05) is 41.1 Å². The van der Waals surface area contributed by atoms with Gasteiger partial charge in [-0.1, -0.05) is 25.1 Å². The SMILES string of the molecule is CCCn1cncc1CS(=O)c1ccc(NC(=O)/C2=C/c3ccccc3NCCC2)cc1.CS(=O)(=O)O. The number of benzene rings is 2. The Bertz CT molecular complexity index is 1360. The summed E-state index contributed by atoms with van der Waals surface area (Å²) in [6, 6.07) is 15.3. The molecule has 0 bridgehead atoms. The minimum absolute atomic E-state index is 0.0981. The van der Waals surface area contributed by atoms with Gasteiger partial charge in [-0.05, 0) is 61.2 Å². The molecule has 0 saturated carbocycles. The van der Waals surface area contributed by atoms with E-state index in [0.29, 0.717) is 24.1 Å². The molecule has 1 atom stereocenters. The van der Waals surface area contributed by atoms with Crippen molar-refractivity contribution in [2.24, 2.45) is 0 Å². The monoisotopic (exact) mass is 544 g/mol. The maximum atomic E-state index is 12.9. The van der Waals surface area contributed by atoms with Crippen molar-refractivity contribution < 1.29 is 22.0 Å². The molecule has 4 rings (SSSR count). The molecule has 0 spiro atoms. The van der Waals surface area contributed by atoms with Gasteiger partial charge in [-0.2, -0.15) is 8.42 Å². The van der Waals surface area contributed by atoms with Crippen LogP contribution in [0.4, 0.5) is 11.4 Å². The number of carbonyl (C=O) groups is 1. The van der Waals surface area contributed by atoms with E-state index in [1.807, 2.05) is 59.2 Å². The van der Waals surface area contributed by atoms with Gasteiger partial charge >= 0.3 is 0 Å². The molecule has 2 aromatic carbocycles. The second-order valence-corrected chi connectivity index (χ2v) is 11.5. The fraction of sp³-hybridized carbons (Fsp3) is 0.308. The van der Waals surface area contributed by atoms with E-state index >= 15 is 0 Å². The van der Waals surface area contributed by atoms with Gasteiger partial charge in [0.25, 0.3) is 16.0 Å². The Morgan fingerprint density at radius 1 is 1.19 bits per heavy atom. The molecule has 0 fully saturated rings. The predicted octanol–water partition coefficient (Wildman–Crippen LogP) is 4.33. The molecule has 1 aliphatic rings. The number of hydrogen-bond acceptors (Lipinski definition) is 6. The van der Waals surface area contributed by atoms with Crippen LogP contribution in [0.5, 0.6) is 0 Å². The van der Waals surface area contributed by atoms with Gasteiger partial charge in [0.1, 0.15) is 0 Å². The number of fused-ring (bicyclic) bond motifs is 1. The average Bonchev–Trinajstić information content (AvgIpc) is 3.25. The zero-order chi connectivity index (χ0) is 26.8. The minimum Gasteiger partial charge on any atom is -0.385 e. The number of para-hydroxylation sites is 1. The number of nitrogens with zero attached hydrogens (tertiary/aromatic N) is 2. The van der Waals surface area contributed by atoms with Gasteiger partial charge in [0.05, 0.1) is 34.8 Å². The molecule has 37 heavy (non-hydrogen) atoms. The molecule has 3 N–H and O–H groups in total. The van der Waals surface area contributed by atoms with Crippen molar-refractivity contribution in [1.29, 1.82) is 0 Å². The first-order valence-corrected chi connectivity index (χ1v) is 15.1. The Labute approximate surface area is 220 Å². The smallest absolute Gasteiger partial charge is 0.261 e. The highest BCUT2D eigenvalue weighted by atomic mass is 32.2. The van der Waals surface area contributed by atoms with Crippen LogP contribution in [0.1, 0.15) is 37.4 Å². The normalized spacial score (nSPS) is 15.4. The van der Waals surface area contributed by atoms with E-state index < -0.39 is 20.9 Å². The largest absolute Gasteiger partial charge is 0.385 e. The van der Waals surface area contributed by atoms with E-state index in [4.69, 9.17) is 4.55 Å². The summed E-state index contributed by atoms with van der Waals surface area (Å²) in [5.74, 6) is 0.325. The third-order valence-electron chi connectivity index (χ3n) is 5.44. The third kappa shape index (κ3) is 9.27. The maximum Gasteiger partial charge on any atom is 0.261 e. The van der Waals surface area contributed by atoms with Crippen LogP contribution < -0.4 is 10.6 Å². The van der Waals surface area contributed by atoms with Crippen LogP contribution in [0.2, 0.25) is 0 Å². The summed E-state index contributed by atoms with van der Waals surface area (Å²) in [6.07, 6.45) is 8.84. The van der Waals surface area contributed by atoms with Gasteiger partial charge in [-0.25, -0.2) is 4.98 Å². The van der Waals surface area contributed by atoms with Crippen LogP contribution in [0.25, 0.3) is 6.08 Å². The number of anilines is 2. The summed E-state index contributed by atoms with van der Waals surface area (Å²) in [7, 11) is -4.84. The molecular formula is C26H32N4O5S2. The van der Waals surface area contributed by atoms with Crippen molar-refractivity contribution in [2.45, 2.75) is 43.4 Å². The second-order valence-electron chi connectivity index (χ2n) is 8.57. The first kappa shape index (κ1) is 28.3. The molecule has 0 aliphatic carbocycles. The summed E-state index contributed by atoms with van der Waals surface area (Å²) in [6.45, 7) is 3.81. The molecule has 11 heteroatoms. The van der Waals surface area contributed by atoms with Crippen LogP contribution in [-0.4, -0.2) is 45.4 Å². The number of hydrogen-bond donors (Lipinski definition) is 3. The second kappa shape index (κ2) is 13.3. The van der Waals surface area contributed by atoms with Crippen molar-refractivity contribution >= 4 is 44.3 Å². The zero-order valence-electron chi connectivity index (χ0n) is 20.9. The summed E-state index contributed by atoms with van der Waals surface area (Å²) < 4.78 is 40.7. The number of carbonyl (C=O) groups excluding carboxylic acids is 1. The van der Waals surface area contributed by atoms with E-state index in [1.54, 1.807) is 12.5 Å². The van der Waals surface area contributed by atoms with Crippen molar-refractivity contribution in [1.82, 2.24) is 9.55 Å². The lowest BCUT2D eigenvalue weighted by molar-refractivity contribution is -0.112. The van der Waals surface area contributed by atoms with Crippen molar-refractivity contribution in [3.8, 4) is 0 Å². The fourth-order valence-electron chi connectivity index (χ4n) is 3.75. The standard InChI is InChI=1S/C25H28N4O2S.CH4O3S/c1-2-14-29-18-26-16-22(29)17-32(31)23-11-9-21(10-12-23)28-25(30)20-7-5-13-27-24-8-4-3-6-19(24)15-20;1-5(2,3)4/h3-4,6,8-12,15-16,18,27H,2,5,7,13-14,17H2,1H3,(H,28,30);1H3,(H,2,3,4)/b20-15+;. The number of imidazole rings is 1. The first-order valence-electron chi connectivity index (χ1n) is 11.9. The Morgan fingerprint density at radius 3 is 2.59 bits per heavy atom. The van der Waals surface area contributed by atoms with Gasteiger partial charge in [0.2, 0.25) is 0 Å². The summed E-state index contributed by atoms with van der Waals surface area (Å²) >= 11 is 0. The van der Waals surface area contributed by atoms with Crippen molar-refractivity contribution in [2.75, 3.05) is 23.4 Å². The molecule has 0 radical (unpaired) electrons. The number of amides is 1. The molecule has 2 heterocycles. The van der Waals surface area contributed by atoms with Crippen LogP contribution >= 0.6 is 0 Å². The number of rotatable bonds is 7. The first-order chi connectivity index (χ1) is 17.6. The predicted molar refractivity (Wildman–Crippen MR) is 147 cm³/mol. The van der Waals surface area contributed by atoms with Crippen LogP contribution in [0.15, 0.2) is 71.5 Å². The van der Waals surface area contributed by atoms with E-state index in [2.05, 4.69) is 22.5 Å². The highest BCUT2D eigenvalue weighted by Gasteiger charge is 2.14. The molecule has 198 valence electrons. The van der Waals surface area contributed by atoms with Gasteiger partial charge < -0.3 is 15.2 Å². The quantitative estimate of drug-likeness (QED) is 0.377. The summed E-state index contributed by atoms with van der Waals surface area (Å²) in [5.41, 5.74) is 4.49. The summed E-state index contributed by atoms with van der Waals surface area (Å²) in [4.78, 5) is 17.8. The lowest BCUT2D eigenvalue weighted by atomic mass is 10.0. The van der Waals surface area contributed by atoms with Crippen molar-refractivity contribution in [3.63, 3.8) is 0 Å². The summed E-state index contributed by atoms with van der Waals surface area (Å²) in [5, 5.41) is 6.39. The molecule has 3 aromatic rings. The number of aromatic nitrogens is 2. The lowest BCUT2D eigenvalue weighted by Crippen LogP contribution is -2.17. The third-order valence-corrected chi connectivity index (χ3v) is 6.79. The van der Waals surface area contributed by atoms with E-state index in [-0.39, 0.29) is 5.91 Å². The molecular weight excluding hydrogens is 512 g/mol. The number of aryl methyl sites for hydroxylation is 1. The van der Waals surface area contributed by atoms with Gasteiger partial charge in [-0.15, -0.1) is 0 Å². The van der Waals surface area contributed by atoms with Crippen LogP contribution in [0, 0.1) is 0 Å². The van der Waals surface area contributed by atoms with Gasteiger partial charge in [-0.3, -0.25) is 13.6 Å². The highest BCUT2D eigenvalue weighted by molar-refractivity contribution is 7.85. The fourth-order valence-corrected chi connectivity index (χ4v) is 4.87.